The van der Waals surface area contributed by atoms with Crippen molar-refractivity contribution >= 4 is 22.0 Å². The monoisotopic (exact) mass is 386 g/mol. The number of hydrogen-bond donors (Lipinski definition) is 0. The van der Waals surface area contributed by atoms with Gasteiger partial charge in [-0.1, -0.05) is 6.07 Å². The van der Waals surface area contributed by atoms with E-state index in [9.17, 15) is 13.2 Å². The second kappa shape index (κ2) is 7.32. The van der Waals surface area contributed by atoms with E-state index in [-0.39, 0.29) is 5.91 Å². The van der Waals surface area contributed by atoms with Crippen LogP contribution in [0.1, 0.15) is 23.3 Å². The number of carbonyl (C=O) groups excluding carboxylic acids is 1. The molecule has 142 valence electrons. The number of fused-ring (bicyclic) bond motifs is 1. The molecule has 0 N–H and O–H groups in total. The fourth-order valence-electron chi connectivity index (χ4n) is 3.65. The van der Waals surface area contributed by atoms with E-state index >= 15 is 0 Å². The first kappa shape index (κ1) is 18.0. The van der Waals surface area contributed by atoms with Gasteiger partial charge in [-0.15, -0.1) is 0 Å². The zero-order valence-corrected chi connectivity index (χ0v) is 15.8. The Morgan fingerprint density at radius 2 is 1.81 bits per heavy atom. The van der Waals surface area contributed by atoms with E-state index < -0.39 is 10.0 Å². The number of furan rings is 1. The maximum absolute atomic E-state index is 12.9. The van der Waals surface area contributed by atoms with Crippen LogP contribution in [0.3, 0.4) is 0 Å². The first-order valence-electron chi connectivity index (χ1n) is 9.16. The number of amides is 1. The molecule has 0 spiro atoms. The van der Waals surface area contributed by atoms with Crippen molar-refractivity contribution in [2.75, 3.05) is 26.2 Å². The summed E-state index contributed by atoms with van der Waals surface area (Å²) in [5, 5.41) is 0. The molecular weight excluding hydrogens is 364 g/mol. The van der Waals surface area contributed by atoms with Gasteiger partial charge in [0.15, 0.2) is 0 Å². The Kier molecular flexibility index (Phi) is 4.88. The lowest BCUT2D eigenvalue weighted by Crippen LogP contribution is -2.50. The number of piperazine rings is 1. The summed E-state index contributed by atoms with van der Waals surface area (Å²) < 4.78 is 32.5. The standard InChI is InChI=1S/C20H22N2O4S/c23-20(9-7-18-5-2-14-26-18)21-10-12-22(13-11-21)27(24,25)19-8-6-16-3-1-4-17(16)15-19/h2,5-9,14-15H,1,3-4,10-13H2/b9-7+. The molecule has 2 aromatic rings. The highest BCUT2D eigenvalue weighted by Crippen LogP contribution is 2.26. The van der Waals surface area contributed by atoms with Crippen LogP contribution in [0.2, 0.25) is 0 Å². The third-order valence-corrected chi connectivity index (χ3v) is 7.09. The Bertz CT molecular complexity index is 956. The minimum absolute atomic E-state index is 0.138. The summed E-state index contributed by atoms with van der Waals surface area (Å²) in [5.41, 5.74) is 2.40. The van der Waals surface area contributed by atoms with Crippen molar-refractivity contribution in [3.8, 4) is 0 Å². The quantitative estimate of drug-likeness (QED) is 0.756. The van der Waals surface area contributed by atoms with E-state index in [0.717, 1.165) is 24.8 Å². The second-order valence-corrected chi connectivity index (χ2v) is 8.80. The first-order valence-corrected chi connectivity index (χ1v) is 10.6. The van der Waals surface area contributed by atoms with Crippen LogP contribution in [0, 0.1) is 0 Å². The van der Waals surface area contributed by atoms with Gasteiger partial charge in [0.1, 0.15) is 5.76 Å². The summed E-state index contributed by atoms with van der Waals surface area (Å²) in [6.07, 6.45) is 7.70. The maximum atomic E-state index is 12.9. The number of sulfonamides is 1. The highest BCUT2D eigenvalue weighted by Gasteiger charge is 2.30. The molecule has 1 aromatic heterocycles. The summed E-state index contributed by atoms with van der Waals surface area (Å²) in [7, 11) is -3.52. The third-order valence-electron chi connectivity index (χ3n) is 5.19. The van der Waals surface area contributed by atoms with Gasteiger partial charge in [0, 0.05) is 32.3 Å². The molecule has 6 nitrogen and oxygen atoms in total. The Balaban J connectivity index is 1.40. The predicted molar refractivity (Wildman–Crippen MR) is 102 cm³/mol. The van der Waals surface area contributed by atoms with Gasteiger partial charge in [0.2, 0.25) is 15.9 Å². The van der Waals surface area contributed by atoms with Gasteiger partial charge in [-0.05, 0) is 60.7 Å². The highest BCUT2D eigenvalue weighted by molar-refractivity contribution is 7.89. The summed E-state index contributed by atoms with van der Waals surface area (Å²) in [5.74, 6) is 0.474. The molecule has 7 heteroatoms. The van der Waals surface area contributed by atoms with Gasteiger partial charge >= 0.3 is 0 Å². The molecule has 0 saturated carbocycles. The molecule has 0 unspecified atom stereocenters. The maximum Gasteiger partial charge on any atom is 0.246 e. The Morgan fingerprint density at radius 3 is 2.56 bits per heavy atom. The molecule has 27 heavy (non-hydrogen) atoms. The number of rotatable bonds is 4. The lowest BCUT2D eigenvalue weighted by Gasteiger charge is -2.33. The van der Waals surface area contributed by atoms with Crippen LogP contribution >= 0.6 is 0 Å². The van der Waals surface area contributed by atoms with Crippen LogP contribution in [0.15, 0.2) is 52.0 Å². The number of benzene rings is 1. The molecule has 1 fully saturated rings. The zero-order chi connectivity index (χ0) is 18.9. The van der Waals surface area contributed by atoms with Crippen molar-refractivity contribution in [3.63, 3.8) is 0 Å². The second-order valence-electron chi connectivity index (χ2n) is 6.86. The molecule has 0 bridgehead atoms. The minimum atomic E-state index is -3.52. The van der Waals surface area contributed by atoms with Crippen LogP contribution in [-0.4, -0.2) is 49.7 Å². The Morgan fingerprint density at radius 1 is 1.04 bits per heavy atom. The largest absolute Gasteiger partial charge is 0.465 e. The normalized spacial score (nSPS) is 18.1. The fourth-order valence-corrected chi connectivity index (χ4v) is 5.12. The van der Waals surface area contributed by atoms with Crippen LogP contribution in [0.5, 0.6) is 0 Å². The van der Waals surface area contributed by atoms with Crippen LogP contribution in [0.4, 0.5) is 0 Å². The van der Waals surface area contributed by atoms with Gasteiger partial charge in [0.25, 0.3) is 0 Å². The van der Waals surface area contributed by atoms with Crippen molar-refractivity contribution in [1.82, 2.24) is 9.21 Å². The van der Waals surface area contributed by atoms with Crippen molar-refractivity contribution < 1.29 is 17.6 Å². The lowest BCUT2D eigenvalue weighted by atomic mass is 10.1. The van der Waals surface area contributed by atoms with Gasteiger partial charge in [0.05, 0.1) is 11.2 Å². The predicted octanol–water partition coefficient (Wildman–Crippen LogP) is 2.31. The number of carbonyl (C=O) groups is 1. The average Bonchev–Trinajstić information content (AvgIpc) is 3.37. The highest BCUT2D eigenvalue weighted by atomic mass is 32.2. The molecule has 1 aromatic carbocycles. The number of hydrogen-bond acceptors (Lipinski definition) is 4. The third kappa shape index (κ3) is 3.70. The molecular formula is C20H22N2O4S. The summed E-state index contributed by atoms with van der Waals surface area (Å²) in [6.45, 7) is 1.37. The molecule has 0 radical (unpaired) electrons. The van der Waals surface area contributed by atoms with E-state index in [1.165, 1.54) is 15.9 Å². The van der Waals surface area contributed by atoms with Crippen molar-refractivity contribution in [2.24, 2.45) is 0 Å². The van der Waals surface area contributed by atoms with Gasteiger partial charge in [-0.3, -0.25) is 4.79 Å². The van der Waals surface area contributed by atoms with E-state index in [1.807, 2.05) is 12.1 Å². The average molecular weight is 386 g/mol. The van der Waals surface area contributed by atoms with E-state index in [1.54, 1.807) is 35.4 Å². The zero-order valence-electron chi connectivity index (χ0n) is 15.0. The van der Waals surface area contributed by atoms with Gasteiger partial charge in [-0.25, -0.2) is 8.42 Å². The van der Waals surface area contributed by atoms with E-state index in [2.05, 4.69) is 0 Å². The number of aryl methyl sites for hydroxylation is 2. The summed E-state index contributed by atoms with van der Waals surface area (Å²) >= 11 is 0. The van der Waals surface area contributed by atoms with Gasteiger partial charge in [-0.2, -0.15) is 4.31 Å². The van der Waals surface area contributed by atoms with Crippen LogP contribution in [0.25, 0.3) is 6.08 Å². The van der Waals surface area contributed by atoms with Crippen LogP contribution in [-0.2, 0) is 27.7 Å². The van der Waals surface area contributed by atoms with Crippen molar-refractivity contribution in [1.29, 1.82) is 0 Å². The van der Waals surface area contributed by atoms with E-state index in [0.29, 0.717) is 36.8 Å². The molecule has 2 heterocycles. The molecule has 1 aliphatic heterocycles. The SMILES string of the molecule is O=C(/C=C/c1ccco1)N1CCN(S(=O)(=O)c2ccc3c(c2)CCC3)CC1. The molecule has 1 saturated heterocycles. The minimum Gasteiger partial charge on any atom is -0.465 e. The Hall–Kier alpha value is -2.38. The molecule has 2 aliphatic rings. The Labute approximate surface area is 159 Å². The molecule has 1 amide bonds. The lowest BCUT2D eigenvalue weighted by molar-refractivity contribution is -0.127. The molecule has 1 aliphatic carbocycles. The summed E-state index contributed by atoms with van der Waals surface area (Å²) in [4.78, 5) is 14.3. The van der Waals surface area contributed by atoms with Crippen LogP contribution < -0.4 is 0 Å². The molecule has 0 atom stereocenters. The van der Waals surface area contributed by atoms with Gasteiger partial charge < -0.3 is 9.32 Å². The summed E-state index contributed by atoms with van der Waals surface area (Å²) in [6, 6.07) is 9.00. The van der Waals surface area contributed by atoms with Crippen molar-refractivity contribution in [2.45, 2.75) is 24.2 Å². The first-order chi connectivity index (χ1) is 13.0. The smallest absolute Gasteiger partial charge is 0.246 e. The fraction of sp³-hybridized carbons (Fsp3) is 0.350. The molecule has 4 rings (SSSR count). The topological polar surface area (TPSA) is 70.8 Å². The van der Waals surface area contributed by atoms with Crippen molar-refractivity contribution in [3.05, 3.63) is 59.6 Å². The number of nitrogens with zero attached hydrogens (tertiary/aromatic N) is 2. The van der Waals surface area contributed by atoms with E-state index in [4.69, 9.17) is 4.42 Å².